The molecule has 4 aliphatic rings. The number of halogens is 2. The Morgan fingerprint density at radius 1 is 0.953 bits per heavy atom. The first-order chi connectivity index (χ1) is 20.7. The van der Waals surface area contributed by atoms with Gasteiger partial charge in [0.25, 0.3) is 5.91 Å². The summed E-state index contributed by atoms with van der Waals surface area (Å²) in [5.41, 5.74) is 2.34. The van der Waals surface area contributed by atoms with Gasteiger partial charge in [-0.25, -0.2) is 17.9 Å². The van der Waals surface area contributed by atoms with E-state index in [0.717, 1.165) is 44.2 Å². The van der Waals surface area contributed by atoms with E-state index in [-0.39, 0.29) is 35.8 Å². The van der Waals surface area contributed by atoms with Crippen LogP contribution in [0.2, 0.25) is 10.0 Å². The van der Waals surface area contributed by atoms with Crippen molar-refractivity contribution in [2.75, 3.05) is 10.7 Å². The van der Waals surface area contributed by atoms with Crippen molar-refractivity contribution in [1.29, 1.82) is 0 Å². The minimum atomic E-state index is -3.64. The zero-order chi connectivity index (χ0) is 29.9. The molecule has 0 radical (unpaired) electrons. The van der Waals surface area contributed by atoms with E-state index >= 15 is 0 Å². The van der Waals surface area contributed by atoms with Gasteiger partial charge in [-0.05, 0) is 80.8 Å². The van der Waals surface area contributed by atoms with Crippen molar-refractivity contribution >= 4 is 50.8 Å². The molecular formula is C31H31Cl2N3O6S. The third-order valence-electron chi connectivity index (χ3n) is 8.86. The van der Waals surface area contributed by atoms with Crippen LogP contribution in [0.4, 0.5) is 5.69 Å². The average Bonchev–Trinajstić information content (AvgIpc) is 3.89. The van der Waals surface area contributed by atoms with Crippen LogP contribution in [0.5, 0.6) is 0 Å². The predicted molar refractivity (Wildman–Crippen MR) is 162 cm³/mol. The molecule has 3 aromatic rings. The fourth-order valence-electron chi connectivity index (χ4n) is 6.50. The third-order valence-corrected chi connectivity index (χ3v) is 10.9. The maximum atomic E-state index is 13.7. The normalized spacial score (nSPS) is 23.3. The first kappa shape index (κ1) is 28.7. The molecule has 9 nitrogen and oxygen atoms in total. The van der Waals surface area contributed by atoms with E-state index in [1.807, 2.05) is 12.1 Å². The van der Waals surface area contributed by atoms with Gasteiger partial charge in [0.05, 0.1) is 15.8 Å². The van der Waals surface area contributed by atoms with Crippen LogP contribution in [0, 0.1) is 5.92 Å². The Morgan fingerprint density at radius 2 is 1.60 bits per heavy atom. The second kappa shape index (κ2) is 11.1. The lowest BCUT2D eigenvalue weighted by Gasteiger charge is -2.40. The lowest BCUT2D eigenvalue weighted by molar-refractivity contribution is 0.0202. The summed E-state index contributed by atoms with van der Waals surface area (Å²) in [6, 6.07) is 12.5. The Hall–Kier alpha value is -3.08. The fraction of sp³-hybridized carbons (Fsp3) is 0.452. The number of anilines is 1. The number of aromatic nitrogens is 1. The Morgan fingerprint density at radius 3 is 2.21 bits per heavy atom. The van der Waals surface area contributed by atoms with Crippen molar-refractivity contribution in [3.05, 3.63) is 69.4 Å². The number of carbonyl (C=O) groups excluding carboxylic acids is 2. The number of piperidine rings is 1. The molecule has 0 spiro atoms. The monoisotopic (exact) mass is 643 g/mol. The van der Waals surface area contributed by atoms with Crippen LogP contribution in [0.25, 0.3) is 11.3 Å². The van der Waals surface area contributed by atoms with E-state index in [0.29, 0.717) is 51.0 Å². The molecule has 2 aliphatic heterocycles. The lowest BCUT2D eigenvalue weighted by atomic mass is 9.98. The molecule has 7 rings (SSSR count). The van der Waals surface area contributed by atoms with Crippen LogP contribution in [0.3, 0.4) is 0 Å². The topological polar surface area (TPSA) is 119 Å². The first-order valence-corrected chi connectivity index (χ1v) is 17.2. The molecule has 2 atom stereocenters. The lowest BCUT2D eigenvalue weighted by Crippen LogP contribution is -2.46. The summed E-state index contributed by atoms with van der Waals surface area (Å²) in [5, 5.41) is 4.98. The van der Waals surface area contributed by atoms with Gasteiger partial charge in [-0.15, -0.1) is 0 Å². The summed E-state index contributed by atoms with van der Waals surface area (Å²) in [5.74, 6) is -0.276. The number of esters is 1. The molecule has 2 aromatic carbocycles. The average molecular weight is 645 g/mol. The summed E-state index contributed by atoms with van der Waals surface area (Å²) >= 11 is 12.9. The molecule has 1 aromatic heterocycles. The molecule has 12 heteroatoms. The maximum absolute atomic E-state index is 13.7. The molecular weight excluding hydrogens is 613 g/mol. The molecule has 1 amide bonds. The Kier molecular flexibility index (Phi) is 7.42. The van der Waals surface area contributed by atoms with Gasteiger partial charge in [0.1, 0.15) is 17.4 Å². The number of carbonyl (C=O) groups is 2. The van der Waals surface area contributed by atoms with E-state index in [1.165, 1.54) is 0 Å². The second-order valence-corrected chi connectivity index (χ2v) is 14.7. The fourth-order valence-corrected chi connectivity index (χ4v) is 8.51. The molecule has 4 fully saturated rings. The van der Waals surface area contributed by atoms with Gasteiger partial charge in [0, 0.05) is 47.7 Å². The van der Waals surface area contributed by atoms with Crippen molar-refractivity contribution in [1.82, 2.24) is 9.88 Å². The minimum absolute atomic E-state index is 0.00619. The van der Waals surface area contributed by atoms with Crippen molar-refractivity contribution < 1.29 is 27.3 Å². The molecule has 2 bridgehead atoms. The highest BCUT2D eigenvalue weighted by atomic mass is 35.5. The largest absolute Gasteiger partial charge is 0.458 e. The molecule has 226 valence electrons. The van der Waals surface area contributed by atoms with E-state index in [1.54, 1.807) is 30.3 Å². The molecule has 2 unspecified atom stereocenters. The number of hydrogen-bond acceptors (Lipinski definition) is 8. The predicted octanol–water partition coefficient (Wildman–Crippen LogP) is 6.35. The number of rotatable bonds is 9. The van der Waals surface area contributed by atoms with Gasteiger partial charge in [0.15, 0.2) is 5.76 Å². The number of ether oxygens (including phenoxy) is 1. The summed E-state index contributed by atoms with van der Waals surface area (Å²) in [7, 11) is -3.64. The number of sulfonamides is 1. The number of fused-ring (bicyclic) bond motifs is 2. The van der Waals surface area contributed by atoms with E-state index in [9.17, 15) is 18.0 Å². The van der Waals surface area contributed by atoms with Crippen LogP contribution < -0.4 is 9.62 Å². The molecule has 3 heterocycles. The quantitative estimate of drug-likeness (QED) is 0.268. The number of benzene rings is 2. The third kappa shape index (κ3) is 5.89. The van der Waals surface area contributed by atoms with Gasteiger partial charge in [-0.2, -0.15) is 0 Å². The van der Waals surface area contributed by atoms with Gasteiger partial charge >= 0.3 is 5.97 Å². The smallest absolute Gasteiger partial charge is 0.344 e. The van der Waals surface area contributed by atoms with Crippen LogP contribution in [-0.4, -0.2) is 49.4 Å². The Balaban J connectivity index is 1.04. The second-order valence-electron chi connectivity index (χ2n) is 12.1. The zero-order valence-electron chi connectivity index (χ0n) is 23.3. The van der Waals surface area contributed by atoms with Crippen molar-refractivity contribution in [2.24, 2.45) is 5.92 Å². The highest BCUT2D eigenvalue weighted by molar-refractivity contribution is 7.90. The van der Waals surface area contributed by atoms with Crippen molar-refractivity contribution in [2.45, 2.75) is 75.5 Å². The van der Waals surface area contributed by atoms with Gasteiger partial charge < -0.3 is 14.2 Å². The molecule has 1 N–H and O–H groups in total. The van der Waals surface area contributed by atoms with E-state index in [4.69, 9.17) is 32.5 Å². The van der Waals surface area contributed by atoms with Crippen molar-refractivity contribution in [3.8, 4) is 11.3 Å². The van der Waals surface area contributed by atoms with Crippen LogP contribution in [0.15, 0.2) is 47.0 Å². The number of nitrogens with zero attached hydrogens (tertiary/aromatic N) is 2. The van der Waals surface area contributed by atoms with E-state index in [2.05, 4.69) is 14.8 Å². The van der Waals surface area contributed by atoms with Crippen LogP contribution in [0.1, 0.15) is 83.8 Å². The summed E-state index contributed by atoms with van der Waals surface area (Å²) < 4.78 is 38.4. The molecule has 43 heavy (non-hydrogen) atoms. The first-order valence-electron chi connectivity index (χ1n) is 14.7. The van der Waals surface area contributed by atoms with Crippen molar-refractivity contribution in [3.63, 3.8) is 0 Å². The minimum Gasteiger partial charge on any atom is -0.458 e. The molecule has 2 aliphatic carbocycles. The Labute approximate surface area is 259 Å². The maximum Gasteiger partial charge on any atom is 0.344 e. The molecule has 2 saturated heterocycles. The summed E-state index contributed by atoms with van der Waals surface area (Å²) in [6.07, 6.45) is 6.59. The summed E-state index contributed by atoms with van der Waals surface area (Å²) in [6.45, 7) is 0. The molecule has 2 saturated carbocycles. The van der Waals surface area contributed by atoms with Crippen LogP contribution >= 0.6 is 23.2 Å². The Bertz CT molecular complexity index is 1650. The van der Waals surface area contributed by atoms with Gasteiger partial charge in [-0.3, -0.25) is 4.79 Å². The number of hydrogen-bond donors (Lipinski definition) is 1. The van der Waals surface area contributed by atoms with E-state index < -0.39 is 21.9 Å². The standard InChI is InChI=1S/C31H31Cl2N3O6S/c32-24-2-1-3-25(33)26(24)28-27(29(42-34-28)18-6-7-18)31(38)41-23-14-21-12-13-22(15-23)36(21)20-10-8-19(9-11-20)30(37)35-43(39,40)16-17-4-5-17/h1-3,8-11,17-18,21-23H,4-7,12-16H2,(H,35,37). The number of nitrogens with one attached hydrogen (secondary N) is 1. The SMILES string of the molecule is O=C(NS(=O)(=O)CC1CC1)c1ccc(N2C3CCC2CC(OC(=O)c2c(-c4c(Cl)cccc4Cl)noc2C2CC2)C3)cc1. The van der Waals surface area contributed by atoms with Crippen LogP contribution in [-0.2, 0) is 14.8 Å². The summed E-state index contributed by atoms with van der Waals surface area (Å²) in [4.78, 5) is 28.6. The highest BCUT2D eigenvalue weighted by Crippen LogP contribution is 2.47. The van der Waals surface area contributed by atoms with Gasteiger partial charge in [0.2, 0.25) is 10.0 Å². The number of amides is 1. The zero-order valence-corrected chi connectivity index (χ0v) is 25.6. The van der Waals surface area contributed by atoms with Gasteiger partial charge in [-0.1, -0.05) is 34.4 Å². The highest BCUT2D eigenvalue weighted by Gasteiger charge is 2.44.